The first-order chi connectivity index (χ1) is 10.1. The van der Waals surface area contributed by atoms with E-state index in [1.54, 1.807) is 30.3 Å². The molecule has 21 heavy (non-hydrogen) atoms. The molecule has 0 unspecified atom stereocenters. The van der Waals surface area contributed by atoms with Crippen molar-refractivity contribution in [2.45, 2.75) is 6.92 Å². The molecule has 2 rings (SSSR count). The molecule has 0 aliphatic carbocycles. The van der Waals surface area contributed by atoms with Crippen LogP contribution in [0.15, 0.2) is 54.1 Å². The monoisotopic (exact) mass is 296 g/mol. The average Bonchev–Trinajstić information content (AvgIpc) is 2.48. The smallest absolute Gasteiger partial charge is 0.266 e. The zero-order valence-electron chi connectivity index (χ0n) is 11.4. The van der Waals surface area contributed by atoms with Gasteiger partial charge < -0.3 is 5.32 Å². The van der Waals surface area contributed by atoms with E-state index in [-0.39, 0.29) is 5.57 Å². The Hall–Kier alpha value is -2.57. The first-order valence-electron chi connectivity index (χ1n) is 6.35. The summed E-state index contributed by atoms with van der Waals surface area (Å²) in [6.07, 6.45) is 1.48. The number of amides is 1. The van der Waals surface area contributed by atoms with Crippen LogP contribution in [0.3, 0.4) is 0 Å². The van der Waals surface area contributed by atoms with E-state index >= 15 is 0 Å². The fourth-order valence-corrected chi connectivity index (χ4v) is 1.99. The Morgan fingerprint density at radius 1 is 1.19 bits per heavy atom. The molecule has 0 atom stereocenters. The van der Waals surface area contributed by atoms with Gasteiger partial charge in [-0.1, -0.05) is 48.0 Å². The van der Waals surface area contributed by atoms with Crippen molar-refractivity contribution in [1.29, 1.82) is 5.26 Å². The van der Waals surface area contributed by atoms with Crippen molar-refractivity contribution < 1.29 is 4.79 Å². The average molecular weight is 297 g/mol. The second kappa shape index (κ2) is 6.74. The molecule has 0 aliphatic heterocycles. The summed E-state index contributed by atoms with van der Waals surface area (Å²) in [5, 5.41) is 12.4. The van der Waals surface area contributed by atoms with E-state index in [2.05, 4.69) is 5.32 Å². The van der Waals surface area contributed by atoms with Crippen molar-refractivity contribution >= 4 is 29.3 Å². The van der Waals surface area contributed by atoms with Crippen LogP contribution in [-0.4, -0.2) is 5.91 Å². The summed E-state index contributed by atoms with van der Waals surface area (Å²) in [6.45, 7) is 1.89. The van der Waals surface area contributed by atoms with Gasteiger partial charge in [-0.25, -0.2) is 0 Å². The molecule has 0 saturated heterocycles. The molecule has 1 amide bonds. The lowest BCUT2D eigenvalue weighted by Gasteiger charge is -2.07. The number of nitriles is 1. The van der Waals surface area contributed by atoms with E-state index in [1.807, 2.05) is 31.2 Å². The largest absolute Gasteiger partial charge is 0.321 e. The van der Waals surface area contributed by atoms with Crippen molar-refractivity contribution in [3.05, 3.63) is 70.3 Å². The minimum absolute atomic E-state index is 0.00588. The predicted molar refractivity (Wildman–Crippen MR) is 84.9 cm³/mol. The molecule has 2 aromatic carbocycles. The van der Waals surface area contributed by atoms with Gasteiger partial charge in [0.2, 0.25) is 0 Å². The van der Waals surface area contributed by atoms with Crippen molar-refractivity contribution in [3.8, 4) is 6.07 Å². The molecule has 0 saturated carbocycles. The van der Waals surface area contributed by atoms with Crippen molar-refractivity contribution in [3.63, 3.8) is 0 Å². The third-order valence-electron chi connectivity index (χ3n) is 2.96. The minimum atomic E-state index is -0.452. The van der Waals surface area contributed by atoms with E-state index in [0.29, 0.717) is 16.3 Å². The molecule has 0 bridgehead atoms. The Morgan fingerprint density at radius 2 is 1.86 bits per heavy atom. The molecule has 3 nitrogen and oxygen atoms in total. The molecule has 0 heterocycles. The number of carbonyl (C=O) groups excluding carboxylic acids is 1. The van der Waals surface area contributed by atoms with E-state index in [4.69, 9.17) is 11.6 Å². The van der Waals surface area contributed by atoms with Gasteiger partial charge in [0.15, 0.2) is 0 Å². The Bertz CT molecular complexity index is 744. The molecule has 0 aromatic heterocycles. The van der Waals surface area contributed by atoms with Gasteiger partial charge >= 0.3 is 0 Å². The maximum Gasteiger partial charge on any atom is 0.266 e. The van der Waals surface area contributed by atoms with Crippen LogP contribution < -0.4 is 5.32 Å². The maximum absolute atomic E-state index is 12.2. The highest BCUT2D eigenvalue weighted by Crippen LogP contribution is 2.19. The molecule has 104 valence electrons. The quantitative estimate of drug-likeness (QED) is 0.682. The third kappa shape index (κ3) is 3.71. The fourth-order valence-electron chi connectivity index (χ4n) is 1.80. The van der Waals surface area contributed by atoms with E-state index in [1.165, 1.54) is 6.08 Å². The number of anilines is 1. The van der Waals surface area contributed by atoms with Crippen molar-refractivity contribution in [1.82, 2.24) is 0 Å². The third-order valence-corrected chi connectivity index (χ3v) is 3.31. The predicted octanol–water partition coefficient (Wildman–Crippen LogP) is 4.19. The standard InChI is InChI=1S/C17H13ClN2O/c1-12-6-2-5-9-16(12)20-17(21)14(11-19)10-13-7-3-4-8-15(13)18/h2-10H,1H3,(H,20,21)/b14-10-. The highest BCUT2D eigenvalue weighted by Gasteiger charge is 2.11. The lowest BCUT2D eigenvalue weighted by atomic mass is 10.1. The Labute approximate surface area is 128 Å². The number of rotatable bonds is 3. The normalized spacial score (nSPS) is 10.8. The highest BCUT2D eigenvalue weighted by molar-refractivity contribution is 6.32. The van der Waals surface area contributed by atoms with Crippen LogP contribution in [0, 0.1) is 18.3 Å². The van der Waals surface area contributed by atoms with Gasteiger partial charge in [0, 0.05) is 10.7 Å². The van der Waals surface area contributed by atoms with Crippen LogP contribution in [0.25, 0.3) is 6.08 Å². The molecular weight excluding hydrogens is 284 g/mol. The maximum atomic E-state index is 12.2. The topological polar surface area (TPSA) is 52.9 Å². The van der Waals surface area contributed by atoms with Gasteiger partial charge in [0.05, 0.1) is 0 Å². The van der Waals surface area contributed by atoms with E-state index in [0.717, 1.165) is 5.56 Å². The number of hydrogen-bond donors (Lipinski definition) is 1. The van der Waals surface area contributed by atoms with Crippen molar-refractivity contribution in [2.24, 2.45) is 0 Å². The molecule has 0 spiro atoms. The molecule has 0 fully saturated rings. The van der Waals surface area contributed by atoms with Crippen LogP contribution in [0.4, 0.5) is 5.69 Å². The lowest BCUT2D eigenvalue weighted by Crippen LogP contribution is -2.14. The van der Waals surface area contributed by atoms with Crippen LogP contribution in [0.2, 0.25) is 5.02 Å². The van der Waals surface area contributed by atoms with Crippen LogP contribution in [0.1, 0.15) is 11.1 Å². The molecule has 4 heteroatoms. The van der Waals surface area contributed by atoms with Gasteiger partial charge in [0.25, 0.3) is 5.91 Å². The summed E-state index contributed by atoms with van der Waals surface area (Å²) >= 11 is 6.03. The molecule has 1 N–H and O–H groups in total. The number of nitrogens with one attached hydrogen (secondary N) is 1. The SMILES string of the molecule is Cc1ccccc1NC(=O)/C(C#N)=C\c1ccccc1Cl. The number of para-hydroxylation sites is 1. The molecule has 2 aromatic rings. The first-order valence-corrected chi connectivity index (χ1v) is 6.73. The number of hydrogen-bond acceptors (Lipinski definition) is 2. The Balaban J connectivity index is 2.26. The number of nitrogens with zero attached hydrogens (tertiary/aromatic N) is 1. The number of benzene rings is 2. The molecular formula is C17H13ClN2O. The number of halogens is 1. The zero-order chi connectivity index (χ0) is 15.2. The van der Waals surface area contributed by atoms with Crippen molar-refractivity contribution in [2.75, 3.05) is 5.32 Å². The number of aryl methyl sites for hydroxylation is 1. The molecule has 0 aliphatic rings. The van der Waals surface area contributed by atoms with E-state index < -0.39 is 5.91 Å². The Morgan fingerprint density at radius 3 is 2.52 bits per heavy atom. The summed E-state index contributed by atoms with van der Waals surface area (Å²) in [5.74, 6) is -0.452. The van der Waals surface area contributed by atoms with Gasteiger partial charge in [-0.15, -0.1) is 0 Å². The second-order valence-electron chi connectivity index (χ2n) is 4.46. The Kier molecular flexibility index (Phi) is 4.76. The minimum Gasteiger partial charge on any atom is -0.321 e. The van der Waals surface area contributed by atoms with E-state index in [9.17, 15) is 10.1 Å². The highest BCUT2D eigenvalue weighted by atomic mass is 35.5. The summed E-state index contributed by atoms with van der Waals surface area (Å²) in [5.41, 5.74) is 2.26. The second-order valence-corrected chi connectivity index (χ2v) is 4.87. The first kappa shape index (κ1) is 14.8. The van der Waals surface area contributed by atoms with Gasteiger partial charge in [-0.05, 0) is 36.3 Å². The van der Waals surface area contributed by atoms with Gasteiger partial charge in [-0.2, -0.15) is 5.26 Å². The van der Waals surface area contributed by atoms with Gasteiger partial charge in [-0.3, -0.25) is 4.79 Å². The summed E-state index contributed by atoms with van der Waals surface area (Å²) < 4.78 is 0. The van der Waals surface area contributed by atoms with Crippen LogP contribution in [0.5, 0.6) is 0 Å². The lowest BCUT2D eigenvalue weighted by molar-refractivity contribution is -0.112. The zero-order valence-corrected chi connectivity index (χ0v) is 12.2. The summed E-state index contributed by atoms with van der Waals surface area (Å²) in [7, 11) is 0. The van der Waals surface area contributed by atoms with Crippen LogP contribution >= 0.6 is 11.6 Å². The van der Waals surface area contributed by atoms with Gasteiger partial charge in [0.1, 0.15) is 11.6 Å². The fraction of sp³-hybridized carbons (Fsp3) is 0.0588. The van der Waals surface area contributed by atoms with Crippen LogP contribution in [-0.2, 0) is 4.79 Å². The molecule has 0 radical (unpaired) electrons. The number of carbonyl (C=O) groups is 1. The summed E-state index contributed by atoms with van der Waals surface area (Å²) in [6, 6.07) is 16.3. The summed E-state index contributed by atoms with van der Waals surface area (Å²) in [4.78, 5) is 12.2.